The zero-order valence-corrected chi connectivity index (χ0v) is 8.71. The predicted molar refractivity (Wildman–Crippen MR) is 56.2 cm³/mol. The fourth-order valence-electron chi connectivity index (χ4n) is 1.50. The van der Waals surface area contributed by atoms with Gasteiger partial charge in [0.1, 0.15) is 0 Å². The van der Waals surface area contributed by atoms with Crippen LogP contribution in [0.1, 0.15) is 12.0 Å². The van der Waals surface area contributed by atoms with Crippen LogP contribution in [0.15, 0.2) is 29.3 Å². The van der Waals surface area contributed by atoms with E-state index in [1.165, 1.54) is 12.1 Å². The zero-order chi connectivity index (χ0) is 12.5. The van der Waals surface area contributed by atoms with Gasteiger partial charge in [-0.25, -0.2) is 0 Å². The number of hydrogen-bond donors (Lipinski definition) is 1. The lowest BCUT2D eigenvalue weighted by Crippen LogP contribution is -2.13. The summed E-state index contributed by atoms with van der Waals surface area (Å²) in [5.41, 5.74) is 0.348. The van der Waals surface area contributed by atoms with Crippen molar-refractivity contribution in [2.75, 3.05) is 6.54 Å². The summed E-state index contributed by atoms with van der Waals surface area (Å²) in [6.45, 7) is 0.361. The molecule has 6 heteroatoms. The van der Waals surface area contributed by atoms with Crippen molar-refractivity contribution in [1.82, 2.24) is 5.32 Å². The van der Waals surface area contributed by atoms with Crippen molar-refractivity contribution in [3.63, 3.8) is 0 Å². The minimum atomic E-state index is -4.34. The summed E-state index contributed by atoms with van der Waals surface area (Å²) in [7, 11) is 0. The first-order chi connectivity index (χ1) is 7.95. The molecular weight excluding hydrogens is 233 g/mol. The molecule has 1 amide bonds. The number of hydrogen-bond acceptors (Lipinski definition) is 2. The van der Waals surface area contributed by atoms with Crippen LogP contribution in [0.5, 0.6) is 0 Å². The van der Waals surface area contributed by atoms with Crippen LogP contribution in [0, 0.1) is 0 Å². The minimum absolute atomic E-state index is 0.115. The molecule has 1 aliphatic rings. The van der Waals surface area contributed by atoms with Gasteiger partial charge < -0.3 is 5.32 Å². The van der Waals surface area contributed by atoms with Gasteiger partial charge in [0, 0.05) is 5.71 Å². The van der Waals surface area contributed by atoms with Gasteiger partial charge in [-0.1, -0.05) is 0 Å². The number of alkyl halides is 3. The Hall–Kier alpha value is -1.85. The van der Waals surface area contributed by atoms with Crippen LogP contribution in [-0.4, -0.2) is 18.2 Å². The lowest BCUT2D eigenvalue weighted by Gasteiger charge is -2.05. The molecule has 1 aromatic rings. The van der Waals surface area contributed by atoms with E-state index in [0.717, 1.165) is 12.1 Å². The van der Waals surface area contributed by atoms with Crippen LogP contribution in [0.2, 0.25) is 0 Å². The van der Waals surface area contributed by atoms with Gasteiger partial charge in [-0.05, 0) is 24.3 Å². The van der Waals surface area contributed by atoms with Crippen molar-refractivity contribution >= 4 is 17.3 Å². The fraction of sp³-hybridized carbons (Fsp3) is 0.273. The maximum Gasteiger partial charge on any atom is 0.416 e. The lowest BCUT2D eigenvalue weighted by atomic mass is 10.2. The van der Waals surface area contributed by atoms with Crippen LogP contribution < -0.4 is 5.32 Å². The fourth-order valence-corrected chi connectivity index (χ4v) is 1.50. The van der Waals surface area contributed by atoms with Crippen molar-refractivity contribution in [1.29, 1.82) is 0 Å². The molecule has 0 saturated carbocycles. The number of rotatable bonds is 1. The monoisotopic (exact) mass is 242 g/mol. The second-order valence-electron chi connectivity index (χ2n) is 3.68. The van der Waals surface area contributed by atoms with Crippen LogP contribution >= 0.6 is 0 Å². The number of aliphatic imine (C=N–C) groups is 1. The van der Waals surface area contributed by atoms with Crippen LogP contribution in [-0.2, 0) is 11.0 Å². The molecule has 2 rings (SSSR count). The van der Waals surface area contributed by atoms with Gasteiger partial charge >= 0.3 is 6.18 Å². The molecule has 90 valence electrons. The zero-order valence-electron chi connectivity index (χ0n) is 8.71. The van der Waals surface area contributed by atoms with E-state index in [-0.39, 0.29) is 12.3 Å². The Morgan fingerprint density at radius 3 is 2.29 bits per heavy atom. The molecule has 0 unspecified atom stereocenters. The maximum atomic E-state index is 12.3. The summed E-state index contributed by atoms with van der Waals surface area (Å²) < 4.78 is 36.9. The number of benzene rings is 1. The van der Waals surface area contributed by atoms with Crippen molar-refractivity contribution in [3.05, 3.63) is 29.8 Å². The quantitative estimate of drug-likeness (QED) is 0.806. The Labute approximate surface area is 95.4 Å². The third-order valence-corrected chi connectivity index (χ3v) is 2.34. The molecule has 0 radical (unpaired) electrons. The van der Waals surface area contributed by atoms with Crippen LogP contribution in [0.3, 0.4) is 0 Å². The molecule has 1 fully saturated rings. The molecule has 17 heavy (non-hydrogen) atoms. The standard InChI is InChI=1S/C11H9F3N2O/c12-11(13,14)7-1-3-8(4-2-7)16-9-5-10(17)15-6-9/h1-4H,5-6H2,(H,15,17). The van der Waals surface area contributed by atoms with Gasteiger partial charge in [0.25, 0.3) is 0 Å². The van der Waals surface area contributed by atoms with Crippen molar-refractivity contribution in [2.24, 2.45) is 4.99 Å². The highest BCUT2D eigenvalue weighted by atomic mass is 19.4. The highest BCUT2D eigenvalue weighted by Crippen LogP contribution is 2.30. The number of carbonyl (C=O) groups is 1. The molecule has 1 N–H and O–H groups in total. The maximum absolute atomic E-state index is 12.3. The van der Waals surface area contributed by atoms with E-state index in [1.54, 1.807) is 0 Å². The van der Waals surface area contributed by atoms with Crippen molar-refractivity contribution in [2.45, 2.75) is 12.6 Å². The van der Waals surface area contributed by atoms with Gasteiger partial charge in [-0.15, -0.1) is 0 Å². The van der Waals surface area contributed by atoms with Gasteiger partial charge in [-0.3, -0.25) is 9.79 Å². The first-order valence-corrected chi connectivity index (χ1v) is 4.95. The van der Waals surface area contributed by atoms with Crippen molar-refractivity contribution in [3.8, 4) is 0 Å². The molecular formula is C11H9F3N2O. The van der Waals surface area contributed by atoms with E-state index in [9.17, 15) is 18.0 Å². The summed E-state index contributed by atoms with van der Waals surface area (Å²) >= 11 is 0. The minimum Gasteiger partial charge on any atom is -0.350 e. The Morgan fingerprint density at radius 1 is 1.18 bits per heavy atom. The molecule has 0 aromatic heterocycles. The average molecular weight is 242 g/mol. The predicted octanol–water partition coefficient (Wildman–Crippen LogP) is 2.30. The Morgan fingerprint density at radius 2 is 1.82 bits per heavy atom. The summed E-state index contributed by atoms with van der Waals surface area (Å²) in [5.74, 6) is -0.115. The number of carbonyl (C=O) groups excluding carboxylic acids is 1. The Bertz CT molecular complexity index is 463. The summed E-state index contributed by atoms with van der Waals surface area (Å²) in [5, 5.41) is 2.58. The first kappa shape index (κ1) is 11.6. The third-order valence-electron chi connectivity index (χ3n) is 2.34. The highest BCUT2D eigenvalue weighted by Gasteiger charge is 2.29. The molecule has 3 nitrogen and oxygen atoms in total. The molecule has 0 bridgehead atoms. The van der Waals surface area contributed by atoms with E-state index in [2.05, 4.69) is 10.3 Å². The molecule has 1 aromatic carbocycles. The Kier molecular flexibility index (Phi) is 2.87. The van der Waals surface area contributed by atoms with Gasteiger partial charge in [0.15, 0.2) is 0 Å². The number of nitrogens with one attached hydrogen (secondary N) is 1. The summed E-state index contributed by atoms with van der Waals surface area (Å²) in [4.78, 5) is 15.0. The van der Waals surface area contributed by atoms with Crippen LogP contribution in [0.25, 0.3) is 0 Å². The van der Waals surface area contributed by atoms with E-state index < -0.39 is 11.7 Å². The highest BCUT2D eigenvalue weighted by molar-refractivity contribution is 6.09. The van der Waals surface area contributed by atoms with Crippen LogP contribution in [0.4, 0.5) is 18.9 Å². The average Bonchev–Trinajstić information content (AvgIpc) is 2.63. The van der Waals surface area contributed by atoms with E-state index >= 15 is 0 Å². The smallest absolute Gasteiger partial charge is 0.350 e. The number of halogens is 3. The third kappa shape index (κ3) is 2.83. The SMILES string of the molecule is O=C1CC(=Nc2ccc(C(F)(F)F)cc2)CN1. The second-order valence-corrected chi connectivity index (χ2v) is 3.68. The molecule has 1 aliphatic heterocycles. The van der Waals surface area contributed by atoms with Gasteiger partial charge in [0.2, 0.25) is 5.91 Å². The van der Waals surface area contributed by atoms with Gasteiger partial charge in [0.05, 0.1) is 24.2 Å². The molecule has 0 aliphatic carbocycles. The summed E-state index contributed by atoms with van der Waals surface area (Å²) in [6, 6.07) is 4.53. The van der Waals surface area contributed by atoms with Gasteiger partial charge in [-0.2, -0.15) is 13.2 Å². The Balaban J connectivity index is 2.16. The van der Waals surface area contributed by atoms with E-state index in [4.69, 9.17) is 0 Å². The number of amides is 1. The first-order valence-electron chi connectivity index (χ1n) is 4.95. The molecule has 0 spiro atoms. The van der Waals surface area contributed by atoms with E-state index in [0.29, 0.717) is 17.9 Å². The largest absolute Gasteiger partial charge is 0.416 e. The lowest BCUT2D eigenvalue weighted by molar-refractivity contribution is -0.137. The molecule has 0 atom stereocenters. The topological polar surface area (TPSA) is 41.5 Å². The summed E-state index contributed by atoms with van der Waals surface area (Å²) in [6.07, 6.45) is -4.13. The number of nitrogens with zero attached hydrogens (tertiary/aromatic N) is 1. The normalized spacial score (nSPS) is 18.5. The second kappa shape index (κ2) is 4.20. The molecule has 1 heterocycles. The van der Waals surface area contributed by atoms with E-state index in [1.807, 2.05) is 0 Å². The van der Waals surface area contributed by atoms with Crippen molar-refractivity contribution < 1.29 is 18.0 Å². The molecule has 1 saturated heterocycles.